The first-order valence-corrected chi connectivity index (χ1v) is 6.06. The van der Waals surface area contributed by atoms with Crippen LogP contribution in [0.4, 0.5) is 0 Å². The zero-order valence-corrected chi connectivity index (χ0v) is 10.7. The van der Waals surface area contributed by atoms with Crippen LogP contribution in [0.25, 0.3) is 0 Å². The van der Waals surface area contributed by atoms with E-state index < -0.39 is 6.10 Å². The maximum absolute atomic E-state index is 11.9. The summed E-state index contributed by atoms with van der Waals surface area (Å²) in [5.74, 6) is -0.0667. The lowest BCUT2D eigenvalue weighted by atomic mass is 10.0. The van der Waals surface area contributed by atoms with Crippen LogP contribution in [0, 0.1) is 0 Å². The fourth-order valence-corrected chi connectivity index (χ4v) is 2.42. The number of carbonyl (C=O) groups excluding carboxylic acids is 1. The Hall–Kier alpha value is -1.40. The Bertz CT molecular complexity index is 418. The van der Waals surface area contributed by atoms with E-state index in [4.69, 9.17) is 4.74 Å². The largest absolute Gasteiger partial charge is 0.391 e. The van der Waals surface area contributed by atoms with Gasteiger partial charge in [-0.05, 0) is 18.4 Å². The first kappa shape index (κ1) is 13.0. The van der Waals surface area contributed by atoms with Gasteiger partial charge in [-0.1, -0.05) is 0 Å². The van der Waals surface area contributed by atoms with Crippen molar-refractivity contribution in [3.05, 3.63) is 18.0 Å². The summed E-state index contributed by atoms with van der Waals surface area (Å²) in [6.45, 7) is 0.657. The molecule has 0 aromatic carbocycles. The Kier molecular flexibility index (Phi) is 3.98. The second kappa shape index (κ2) is 5.49. The van der Waals surface area contributed by atoms with Gasteiger partial charge in [0.05, 0.1) is 18.3 Å². The zero-order valence-electron chi connectivity index (χ0n) is 10.7. The highest BCUT2D eigenvalue weighted by Crippen LogP contribution is 2.21. The monoisotopic (exact) mass is 253 g/mol. The van der Waals surface area contributed by atoms with Gasteiger partial charge in [-0.25, -0.2) is 0 Å². The van der Waals surface area contributed by atoms with Crippen LogP contribution in [-0.2, 0) is 23.0 Å². The predicted octanol–water partition coefficient (Wildman–Crippen LogP) is -0.429. The molecular formula is C12H19N3O3. The number of rotatable bonds is 4. The summed E-state index contributed by atoms with van der Waals surface area (Å²) in [7, 11) is 3.35. The minimum atomic E-state index is -0.467. The van der Waals surface area contributed by atoms with Gasteiger partial charge in [0, 0.05) is 26.9 Å². The number of carbonyl (C=O) groups is 1. The minimum absolute atomic E-state index is 0.0657. The summed E-state index contributed by atoms with van der Waals surface area (Å²) in [5, 5.41) is 14.1. The number of ether oxygens (including phenoxy) is 1. The zero-order chi connectivity index (χ0) is 13.1. The van der Waals surface area contributed by atoms with Crippen LogP contribution in [0.5, 0.6) is 0 Å². The molecule has 1 aliphatic heterocycles. The number of aromatic nitrogens is 2. The predicted molar refractivity (Wildman–Crippen MR) is 64.9 cm³/mol. The van der Waals surface area contributed by atoms with Gasteiger partial charge in [0.25, 0.3) is 0 Å². The molecule has 0 spiro atoms. The molecule has 1 aromatic rings. The molecule has 0 bridgehead atoms. The lowest BCUT2D eigenvalue weighted by Gasteiger charge is -2.25. The maximum Gasteiger partial charge on any atom is 0.248 e. The normalized spacial score (nSPS) is 23.6. The second-order valence-electron chi connectivity index (χ2n) is 4.67. The number of hydrogen-bond acceptors (Lipinski definition) is 4. The SMILES string of the molecule is COCC(=O)N1CC[C@@H](O)[C@@H]1Cc1cnn(C)c1. The van der Waals surface area contributed by atoms with Crippen LogP contribution in [-0.4, -0.2) is 58.1 Å². The number of hydrogen-bond donors (Lipinski definition) is 1. The third-order valence-electron chi connectivity index (χ3n) is 3.30. The van der Waals surface area contributed by atoms with E-state index in [9.17, 15) is 9.90 Å². The van der Waals surface area contributed by atoms with Crippen LogP contribution >= 0.6 is 0 Å². The molecule has 1 fully saturated rings. The third kappa shape index (κ3) is 2.70. The fraction of sp³-hybridized carbons (Fsp3) is 0.667. The van der Waals surface area contributed by atoms with Crippen molar-refractivity contribution in [2.24, 2.45) is 7.05 Å². The van der Waals surface area contributed by atoms with Crippen molar-refractivity contribution in [1.29, 1.82) is 0 Å². The van der Waals surface area contributed by atoms with Gasteiger partial charge in [0.15, 0.2) is 0 Å². The van der Waals surface area contributed by atoms with E-state index in [-0.39, 0.29) is 18.6 Å². The van der Waals surface area contributed by atoms with Gasteiger partial charge in [-0.15, -0.1) is 0 Å². The highest BCUT2D eigenvalue weighted by atomic mass is 16.5. The number of nitrogens with zero attached hydrogens (tertiary/aromatic N) is 3. The van der Waals surface area contributed by atoms with Crippen molar-refractivity contribution in [2.45, 2.75) is 25.0 Å². The Morgan fingerprint density at radius 3 is 3.06 bits per heavy atom. The van der Waals surface area contributed by atoms with E-state index in [1.54, 1.807) is 15.8 Å². The number of amides is 1. The van der Waals surface area contributed by atoms with Gasteiger partial charge in [0.2, 0.25) is 5.91 Å². The van der Waals surface area contributed by atoms with Crippen molar-refractivity contribution < 1.29 is 14.6 Å². The molecular weight excluding hydrogens is 234 g/mol. The average Bonchev–Trinajstić information content (AvgIpc) is 2.88. The third-order valence-corrected chi connectivity index (χ3v) is 3.30. The Balaban J connectivity index is 2.05. The number of likely N-dealkylation sites (tertiary alicyclic amines) is 1. The molecule has 18 heavy (non-hydrogen) atoms. The van der Waals surface area contributed by atoms with Crippen molar-refractivity contribution in [2.75, 3.05) is 20.3 Å². The molecule has 1 N–H and O–H groups in total. The van der Waals surface area contributed by atoms with E-state index in [0.717, 1.165) is 5.56 Å². The summed E-state index contributed by atoms with van der Waals surface area (Å²) in [5.41, 5.74) is 1.03. The highest BCUT2D eigenvalue weighted by Gasteiger charge is 2.35. The van der Waals surface area contributed by atoms with Crippen molar-refractivity contribution >= 4 is 5.91 Å². The van der Waals surface area contributed by atoms with Gasteiger partial charge >= 0.3 is 0 Å². The molecule has 1 saturated heterocycles. The Labute approximate surface area is 106 Å². The highest BCUT2D eigenvalue weighted by molar-refractivity contribution is 5.78. The molecule has 1 aliphatic rings. The lowest BCUT2D eigenvalue weighted by molar-refractivity contribution is -0.136. The molecule has 2 heterocycles. The van der Waals surface area contributed by atoms with Gasteiger partial charge in [-0.2, -0.15) is 5.10 Å². The molecule has 2 rings (SSSR count). The van der Waals surface area contributed by atoms with Gasteiger partial charge in [-0.3, -0.25) is 9.48 Å². The lowest BCUT2D eigenvalue weighted by Crippen LogP contribution is -2.42. The van der Waals surface area contributed by atoms with Crippen molar-refractivity contribution in [3.8, 4) is 0 Å². The molecule has 2 atom stereocenters. The Morgan fingerprint density at radius 1 is 1.67 bits per heavy atom. The molecule has 6 nitrogen and oxygen atoms in total. The molecule has 1 aromatic heterocycles. The summed E-state index contributed by atoms with van der Waals surface area (Å²) >= 11 is 0. The first-order chi connectivity index (χ1) is 8.61. The van der Waals surface area contributed by atoms with Crippen LogP contribution in [0.2, 0.25) is 0 Å². The smallest absolute Gasteiger partial charge is 0.248 e. The number of aliphatic hydroxyl groups is 1. The summed E-state index contributed by atoms with van der Waals surface area (Å²) in [4.78, 5) is 13.6. The first-order valence-electron chi connectivity index (χ1n) is 6.06. The number of methoxy groups -OCH3 is 1. The maximum atomic E-state index is 11.9. The van der Waals surface area contributed by atoms with Crippen molar-refractivity contribution in [1.82, 2.24) is 14.7 Å². The fourth-order valence-electron chi connectivity index (χ4n) is 2.42. The van der Waals surface area contributed by atoms with Gasteiger partial charge < -0.3 is 14.7 Å². The molecule has 1 amide bonds. The molecule has 0 saturated carbocycles. The van der Waals surface area contributed by atoms with Crippen LogP contribution in [0.1, 0.15) is 12.0 Å². The average molecular weight is 253 g/mol. The van der Waals surface area contributed by atoms with Crippen LogP contribution in [0.15, 0.2) is 12.4 Å². The van der Waals surface area contributed by atoms with E-state index in [0.29, 0.717) is 19.4 Å². The number of aryl methyl sites for hydroxylation is 1. The van der Waals surface area contributed by atoms with Crippen molar-refractivity contribution in [3.63, 3.8) is 0 Å². The van der Waals surface area contributed by atoms with E-state index in [2.05, 4.69) is 5.10 Å². The quantitative estimate of drug-likeness (QED) is 0.790. The molecule has 6 heteroatoms. The Morgan fingerprint density at radius 2 is 2.44 bits per heavy atom. The number of aliphatic hydroxyl groups excluding tert-OH is 1. The van der Waals surface area contributed by atoms with Crippen LogP contribution in [0.3, 0.4) is 0 Å². The topological polar surface area (TPSA) is 67.6 Å². The van der Waals surface area contributed by atoms with Gasteiger partial charge in [0.1, 0.15) is 6.61 Å². The van der Waals surface area contributed by atoms with E-state index in [1.807, 2.05) is 13.2 Å². The summed E-state index contributed by atoms with van der Waals surface area (Å²) in [6.07, 6.45) is 4.46. The molecule has 100 valence electrons. The standard InChI is InChI=1S/C12H19N3O3/c1-14-7-9(6-13-14)5-10-11(16)3-4-15(10)12(17)8-18-2/h6-7,10-11,16H,3-5,8H2,1-2H3/t10-,11+/m0/s1. The second-order valence-corrected chi connectivity index (χ2v) is 4.67. The summed E-state index contributed by atoms with van der Waals surface area (Å²) in [6, 6.07) is -0.170. The molecule has 0 radical (unpaired) electrons. The van der Waals surface area contributed by atoms with E-state index >= 15 is 0 Å². The molecule has 0 aliphatic carbocycles. The van der Waals surface area contributed by atoms with Crippen LogP contribution < -0.4 is 0 Å². The molecule has 0 unspecified atom stereocenters. The van der Waals surface area contributed by atoms with E-state index in [1.165, 1.54) is 7.11 Å². The minimum Gasteiger partial charge on any atom is -0.391 e. The summed E-state index contributed by atoms with van der Waals surface area (Å²) < 4.78 is 6.58.